The molecule has 0 aromatic carbocycles. The van der Waals surface area contributed by atoms with Crippen LogP contribution in [0.15, 0.2) is 18.3 Å². The van der Waals surface area contributed by atoms with Gasteiger partial charge in [0.2, 0.25) is 5.95 Å². The molecule has 1 aromatic heterocycles. The number of hydrogen-bond acceptors (Lipinski definition) is 3. The monoisotopic (exact) mass is 170 g/mol. The molecule has 0 saturated heterocycles. The maximum absolute atomic E-state index is 12.3. The van der Waals surface area contributed by atoms with Crippen LogP contribution in [0.2, 0.25) is 0 Å². The van der Waals surface area contributed by atoms with Crippen molar-refractivity contribution in [3.05, 3.63) is 24.3 Å². The molecule has 0 aliphatic carbocycles. The number of nitrogens with zero attached hydrogens (tertiary/aromatic N) is 1. The second-order valence-corrected chi connectivity index (χ2v) is 2.31. The van der Waals surface area contributed by atoms with E-state index in [2.05, 4.69) is 4.98 Å². The Kier molecular flexibility index (Phi) is 3.47. The Balaban J connectivity index is 2.37. The van der Waals surface area contributed by atoms with Gasteiger partial charge in [0.1, 0.15) is 5.75 Å². The van der Waals surface area contributed by atoms with Crippen LogP contribution in [0, 0.1) is 5.95 Å². The lowest BCUT2D eigenvalue weighted by atomic mass is 10.4. The zero-order valence-corrected chi connectivity index (χ0v) is 6.66. The Morgan fingerprint density at radius 1 is 1.50 bits per heavy atom. The van der Waals surface area contributed by atoms with E-state index in [0.717, 1.165) is 6.42 Å². The van der Waals surface area contributed by atoms with Crippen molar-refractivity contribution in [1.29, 1.82) is 0 Å². The maximum atomic E-state index is 12.3. The van der Waals surface area contributed by atoms with Gasteiger partial charge in [-0.1, -0.05) is 0 Å². The van der Waals surface area contributed by atoms with Crippen LogP contribution in [0.25, 0.3) is 0 Å². The van der Waals surface area contributed by atoms with E-state index in [4.69, 9.17) is 10.5 Å². The van der Waals surface area contributed by atoms with Gasteiger partial charge in [-0.25, -0.2) is 4.98 Å². The molecule has 2 N–H and O–H groups in total. The Labute approximate surface area is 70.4 Å². The molecule has 0 amide bonds. The molecule has 1 aromatic rings. The van der Waals surface area contributed by atoms with Crippen molar-refractivity contribution < 1.29 is 9.13 Å². The van der Waals surface area contributed by atoms with Gasteiger partial charge < -0.3 is 10.5 Å². The molecule has 3 nitrogen and oxygen atoms in total. The molecule has 0 aliphatic heterocycles. The summed E-state index contributed by atoms with van der Waals surface area (Å²) in [5, 5.41) is 0. The zero-order chi connectivity index (χ0) is 8.81. The van der Waals surface area contributed by atoms with E-state index in [9.17, 15) is 4.39 Å². The van der Waals surface area contributed by atoms with Crippen LogP contribution in [0.5, 0.6) is 5.75 Å². The third-order valence-corrected chi connectivity index (χ3v) is 1.32. The van der Waals surface area contributed by atoms with E-state index in [-0.39, 0.29) is 0 Å². The molecule has 4 heteroatoms. The van der Waals surface area contributed by atoms with E-state index < -0.39 is 5.95 Å². The van der Waals surface area contributed by atoms with Gasteiger partial charge in [-0.15, -0.1) is 0 Å². The standard InChI is InChI=1S/C8H11FN2O/c9-8-3-2-7(6-11-8)12-5-1-4-10/h2-3,6H,1,4-5,10H2. The molecule has 0 fully saturated rings. The summed E-state index contributed by atoms with van der Waals surface area (Å²) in [6.45, 7) is 1.14. The van der Waals surface area contributed by atoms with Crippen molar-refractivity contribution in [3.63, 3.8) is 0 Å². The molecule has 1 rings (SSSR count). The molecular formula is C8H11FN2O. The van der Waals surface area contributed by atoms with E-state index in [1.165, 1.54) is 12.3 Å². The minimum absolute atomic E-state index is 0.499. The molecule has 66 valence electrons. The highest BCUT2D eigenvalue weighted by atomic mass is 19.1. The summed E-state index contributed by atoms with van der Waals surface area (Å²) in [4.78, 5) is 3.43. The molecule has 0 radical (unpaired) electrons. The highest BCUT2D eigenvalue weighted by Crippen LogP contribution is 2.07. The van der Waals surface area contributed by atoms with Gasteiger partial charge in [0.05, 0.1) is 12.8 Å². The van der Waals surface area contributed by atoms with Crippen LogP contribution in [-0.2, 0) is 0 Å². The second-order valence-electron chi connectivity index (χ2n) is 2.31. The van der Waals surface area contributed by atoms with Crippen LogP contribution < -0.4 is 10.5 Å². The summed E-state index contributed by atoms with van der Waals surface area (Å²) in [7, 11) is 0. The van der Waals surface area contributed by atoms with Gasteiger partial charge in [-0.05, 0) is 25.1 Å². The van der Waals surface area contributed by atoms with Crippen molar-refractivity contribution in [3.8, 4) is 5.75 Å². The SMILES string of the molecule is NCCCOc1ccc(F)nc1. The van der Waals surface area contributed by atoms with Crippen molar-refractivity contribution in [1.82, 2.24) is 4.98 Å². The molecule has 0 unspecified atom stereocenters. The lowest BCUT2D eigenvalue weighted by molar-refractivity contribution is 0.311. The third-order valence-electron chi connectivity index (χ3n) is 1.32. The van der Waals surface area contributed by atoms with E-state index in [1.807, 2.05) is 0 Å². The summed E-state index contributed by atoms with van der Waals surface area (Å²) in [6, 6.07) is 2.80. The molecule has 1 heterocycles. The zero-order valence-electron chi connectivity index (χ0n) is 6.66. The fraction of sp³-hybridized carbons (Fsp3) is 0.375. The fourth-order valence-corrected chi connectivity index (χ4v) is 0.721. The van der Waals surface area contributed by atoms with Gasteiger partial charge >= 0.3 is 0 Å². The molecule has 0 aliphatic rings. The Bertz CT molecular complexity index is 225. The largest absolute Gasteiger partial charge is 0.492 e. The van der Waals surface area contributed by atoms with E-state index in [1.54, 1.807) is 6.07 Å². The maximum Gasteiger partial charge on any atom is 0.213 e. The van der Waals surface area contributed by atoms with Crippen LogP contribution >= 0.6 is 0 Å². The molecule has 12 heavy (non-hydrogen) atoms. The Hall–Kier alpha value is -1.16. The van der Waals surface area contributed by atoms with E-state index >= 15 is 0 Å². The molecule has 0 atom stereocenters. The van der Waals surface area contributed by atoms with Crippen LogP contribution in [0.4, 0.5) is 4.39 Å². The number of pyridine rings is 1. The van der Waals surface area contributed by atoms with Crippen LogP contribution in [0.1, 0.15) is 6.42 Å². The summed E-state index contributed by atoms with van der Waals surface area (Å²) >= 11 is 0. The van der Waals surface area contributed by atoms with Gasteiger partial charge in [-0.3, -0.25) is 0 Å². The normalized spacial score (nSPS) is 9.83. The van der Waals surface area contributed by atoms with Crippen molar-refractivity contribution in [2.45, 2.75) is 6.42 Å². The first-order chi connectivity index (χ1) is 5.83. The first-order valence-electron chi connectivity index (χ1n) is 3.77. The van der Waals surface area contributed by atoms with Crippen LogP contribution in [-0.4, -0.2) is 18.1 Å². The quantitative estimate of drug-likeness (QED) is 0.540. The summed E-state index contributed by atoms with van der Waals surface area (Å²) in [6.07, 6.45) is 2.14. The lowest BCUT2D eigenvalue weighted by Crippen LogP contribution is -2.06. The van der Waals surface area contributed by atoms with E-state index in [0.29, 0.717) is 18.9 Å². The van der Waals surface area contributed by atoms with Gasteiger partial charge in [-0.2, -0.15) is 4.39 Å². The van der Waals surface area contributed by atoms with Crippen molar-refractivity contribution in [2.75, 3.05) is 13.2 Å². The minimum Gasteiger partial charge on any atom is -0.492 e. The highest BCUT2D eigenvalue weighted by molar-refractivity contribution is 5.15. The number of aromatic nitrogens is 1. The summed E-state index contributed by atoms with van der Waals surface area (Å²) in [5.41, 5.74) is 5.26. The Morgan fingerprint density at radius 3 is 2.92 bits per heavy atom. The number of ether oxygens (including phenoxy) is 1. The summed E-state index contributed by atoms with van der Waals surface area (Å²) in [5.74, 6) is 0.0750. The highest BCUT2D eigenvalue weighted by Gasteiger charge is 1.93. The molecular weight excluding hydrogens is 159 g/mol. The number of rotatable bonds is 4. The number of hydrogen-bond donors (Lipinski definition) is 1. The fourth-order valence-electron chi connectivity index (χ4n) is 0.721. The molecule has 0 spiro atoms. The summed E-state index contributed by atoms with van der Waals surface area (Å²) < 4.78 is 17.5. The lowest BCUT2D eigenvalue weighted by Gasteiger charge is -2.03. The second kappa shape index (κ2) is 4.66. The number of nitrogens with two attached hydrogens (primary N) is 1. The molecule has 0 saturated carbocycles. The van der Waals surface area contributed by atoms with Gasteiger partial charge in [0.15, 0.2) is 0 Å². The first-order valence-corrected chi connectivity index (χ1v) is 3.77. The smallest absolute Gasteiger partial charge is 0.213 e. The predicted molar refractivity (Wildman–Crippen MR) is 43.4 cm³/mol. The predicted octanol–water partition coefficient (Wildman–Crippen LogP) is 0.948. The first kappa shape index (κ1) is 8.93. The Morgan fingerprint density at radius 2 is 2.33 bits per heavy atom. The van der Waals surface area contributed by atoms with Crippen LogP contribution in [0.3, 0.4) is 0 Å². The average molecular weight is 170 g/mol. The van der Waals surface area contributed by atoms with Gasteiger partial charge in [0, 0.05) is 0 Å². The van der Waals surface area contributed by atoms with Gasteiger partial charge in [0.25, 0.3) is 0 Å². The topological polar surface area (TPSA) is 48.1 Å². The third kappa shape index (κ3) is 2.84. The van der Waals surface area contributed by atoms with Crippen molar-refractivity contribution in [2.24, 2.45) is 5.73 Å². The average Bonchev–Trinajstić information content (AvgIpc) is 2.09. The van der Waals surface area contributed by atoms with Crippen molar-refractivity contribution >= 4 is 0 Å². The molecule has 0 bridgehead atoms. The minimum atomic E-state index is -0.499. The number of halogens is 1.